The number of para-hydroxylation sites is 2. The van der Waals surface area contributed by atoms with E-state index in [0.717, 1.165) is 46.3 Å². The van der Waals surface area contributed by atoms with E-state index < -0.39 is 0 Å². The molecule has 1 saturated heterocycles. The molecule has 0 saturated carbocycles. The lowest BCUT2D eigenvalue weighted by Gasteiger charge is -2.24. The average molecular weight is 388 g/mol. The zero-order chi connectivity index (χ0) is 18.9. The van der Waals surface area contributed by atoms with Gasteiger partial charge in [-0.15, -0.1) is 11.3 Å². The maximum Gasteiger partial charge on any atom is 0.252 e. The lowest BCUT2D eigenvalue weighted by atomic mass is 10.0. The molecule has 1 atom stereocenters. The molecule has 5 rings (SSSR count). The highest BCUT2D eigenvalue weighted by molar-refractivity contribution is 7.13. The van der Waals surface area contributed by atoms with Gasteiger partial charge in [0.2, 0.25) is 0 Å². The van der Waals surface area contributed by atoms with Gasteiger partial charge in [-0.05, 0) is 25.0 Å². The van der Waals surface area contributed by atoms with Gasteiger partial charge in [-0.3, -0.25) is 4.79 Å². The van der Waals surface area contributed by atoms with Crippen LogP contribution in [-0.4, -0.2) is 35.0 Å². The van der Waals surface area contributed by atoms with Crippen LogP contribution in [0.1, 0.15) is 23.2 Å². The molecule has 0 spiro atoms. The van der Waals surface area contributed by atoms with E-state index in [1.807, 2.05) is 60.1 Å². The van der Waals surface area contributed by atoms with Crippen LogP contribution in [0, 0.1) is 0 Å². The molecule has 1 amide bonds. The van der Waals surface area contributed by atoms with Gasteiger partial charge in [-0.1, -0.05) is 36.4 Å². The Kier molecular flexibility index (Phi) is 4.41. The Morgan fingerprint density at radius 3 is 2.50 bits per heavy atom. The quantitative estimate of drug-likeness (QED) is 0.531. The van der Waals surface area contributed by atoms with Crippen molar-refractivity contribution in [3.63, 3.8) is 0 Å². The fourth-order valence-electron chi connectivity index (χ4n) is 4.04. The second kappa shape index (κ2) is 7.20. The maximum absolute atomic E-state index is 13.3. The average Bonchev–Trinajstić information content (AvgIpc) is 3.41. The van der Waals surface area contributed by atoms with Gasteiger partial charge in [0.25, 0.3) is 5.91 Å². The third kappa shape index (κ3) is 2.99. The summed E-state index contributed by atoms with van der Waals surface area (Å²) in [6.07, 6.45) is 4.03. The number of thiazole rings is 1. The van der Waals surface area contributed by atoms with Gasteiger partial charge in [-0.25, -0.2) is 9.97 Å². The summed E-state index contributed by atoms with van der Waals surface area (Å²) >= 11 is 1.65. The molecule has 1 aliphatic rings. The standard InChI is InChI=1S/C22H20N4OS/c27-21(24-14-15-6-5-12-26(15)22-23-11-13-28-22)20-16-7-1-3-9-18(16)25-19-10-4-2-8-17(19)20/h1-4,7-11,13,15H,5-6,12,14H2,(H,24,27). The number of fused-ring (bicyclic) bond motifs is 2. The number of carbonyl (C=O) groups is 1. The minimum absolute atomic E-state index is 0.0409. The number of pyridine rings is 1. The Balaban J connectivity index is 1.46. The third-order valence-electron chi connectivity index (χ3n) is 5.36. The Labute approximate surface area is 167 Å². The highest BCUT2D eigenvalue weighted by Crippen LogP contribution is 2.28. The van der Waals surface area contributed by atoms with E-state index in [9.17, 15) is 4.79 Å². The van der Waals surface area contributed by atoms with Crippen LogP contribution < -0.4 is 10.2 Å². The molecule has 1 fully saturated rings. The van der Waals surface area contributed by atoms with Gasteiger partial charge >= 0.3 is 0 Å². The van der Waals surface area contributed by atoms with E-state index in [2.05, 4.69) is 15.2 Å². The first-order chi connectivity index (χ1) is 13.8. The van der Waals surface area contributed by atoms with E-state index in [0.29, 0.717) is 12.1 Å². The molecule has 0 bridgehead atoms. The van der Waals surface area contributed by atoms with Crippen molar-refractivity contribution in [1.82, 2.24) is 15.3 Å². The first-order valence-electron chi connectivity index (χ1n) is 9.53. The molecule has 140 valence electrons. The summed E-state index contributed by atoms with van der Waals surface area (Å²) in [7, 11) is 0. The van der Waals surface area contributed by atoms with Crippen molar-refractivity contribution in [2.24, 2.45) is 0 Å². The van der Waals surface area contributed by atoms with Crippen LogP contribution in [0.4, 0.5) is 5.13 Å². The summed E-state index contributed by atoms with van der Waals surface area (Å²) in [5.74, 6) is -0.0409. The molecule has 2 aromatic carbocycles. The molecule has 28 heavy (non-hydrogen) atoms. The highest BCUT2D eigenvalue weighted by Gasteiger charge is 2.27. The molecule has 1 aliphatic heterocycles. The summed E-state index contributed by atoms with van der Waals surface area (Å²) < 4.78 is 0. The molecular weight excluding hydrogens is 368 g/mol. The predicted octanol–water partition coefficient (Wildman–Crippen LogP) is 4.24. The van der Waals surface area contributed by atoms with Crippen LogP contribution in [0.5, 0.6) is 0 Å². The number of carbonyl (C=O) groups excluding carboxylic acids is 1. The first kappa shape index (κ1) is 17.1. The number of hydrogen-bond donors (Lipinski definition) is 1. The molecular formula is C22H20N4OS. The number of amides is 1. The van der Waals surface area contributed by atoms with Gasteiger partial charge in [0.1, 0.15) is 0 Å². The number of nitrogens with zero attached hydrogens (tertiary/aromatic N) is 3. The molecule has 1 N–H and O–H groups in total. The Hall–Kier alpha value is -2.99. The van der Waals surface area contributed by atoms with Crippen molar-refractivity contribution in [2.75, 3.05) is 18.0 Å². The second-order valence-corrected chi connectivity index (χ2v) is 7.91. The maximum atomic E-state index is 13.3. The molecule has 6 heteroatoms. The topological polar surface area (TPSA) is 58.1 Å². The number of nitrogens with one attached hydrogen (secondary N) is 1. The molecule has 4 aromatic rings. The van der Waals surface area contributed by atoms with Crippen molar-refractivity contribution >= 4 is 44.2 Å². The van der Waals surface area contributed by atoms with E-state index in [1.165, 1.54) is 0 Å². The lowest BCUT2D eigenvalue weighted by molar-refractivity contribution is 0.0954. The van der Waals surface area contributed by atoms with E-state index in [4.69, 9.17) is 4.98 Å². The first-order valence-corrected chi connectivity index (χ1v) is 10.4. The lowest BCUT2D eigenvalue weighted by Crippen LogP contribution is -2.40. The summed E-state index contributed by atoms with van der Waals surface area (Å²) in [6, 6.07) is 16.0. The normalized spacial score (nSPS) is 16.7. The van der Waals surface area contributed by atoms with Crippen LogP contribution >= 0.6 is 11.3 Å². The monoisotopic (exact) mass is 388 g/mol. The summed E-state index contributed by atoms with van der Waals surface area (Å²) in [6.45, 7) is 1.61. The fourth-order valence-corrected chi connectivity index (χ4v) is 4.78. The Bertz CT molecular complexity index is 1090. The van der Waals surface area contributed by atoms with Crippen LogP contribution in [0.3, 0.4) is 0 Å². The zero-order valence-electron chi connectivity index (χ0n) is 15.3. The van der Waals surface area contributed by atoms with Gasteiger partial charge in [0, 0.05) is 41.5 Å². The Morgan fingerprint density at radius 2 is 1.82 bits per heavy atom. The van der Waals surface area contributed by atoms with Crippen molar-refractivity contribution < 1.29 is 4.79 Å². The molecule has 5 nitrogen and oxygen atoms in total. The number of rotatable bonds is 4. The SMILES string of the molecule is O=C(NCC1CCCN1c1nccs1)c1c2ccccc2nc2ccccc12. The van der Waals surface area contributed by atoms with E-state index in [-0.39, 0.29) is 11.9 Å². The fraction of sp³-hybridized carbons (Fsp3) is 0.227. The zero-order valence-corrected chi connectivity index (χ0v) is 16.2. The van der Waals surface area contributed by atoms with Crippen molar-refractivity contribution in [2.45, 2.75) is 18.9 Å². The molecule has 0 aliphatic carbocycles. The van der Waals surface area contributed by atoms with Gasteiger partial charge in [0.05, 0.1) is 16.6 Å². The second-order valence-electron chi connectivity index (χ2n) is 7.04. The van der Waals surface area contributed by atoms with Crippen molar-refractivity contribution in [3.05, 3.63) is 65.7 Å². The molecule has 2 aromatic heterocycles. The number of anilines is 1. The smallest absolute Gasteiger partial charge is 0.252 e. The van der Waals surface area contributed by atoms with Gasteiger partial charge < -0.3 is 10.2 Å². The van der Waals surface area contributed by atoms with Crippen LogP contribution in [0.15, 0.2) is 60.1 Å². The van der Waals surface area contributed by atoms with Gasteiger partial charge in [0.15, 0.2) is 5.13 Å². The Morgan fingerprint density at radius 1 is 1.11 bits per heavy atom. The summed E-state index contributed by atoms with van der Waals surface area (Å²) in [5, 5.41) is 8.00. The van der Waals surface area contributed by atoms with Crippen molar-refractivity contribution in [1.29, 1.82) is 0 Å². The predicted molar refractivity (Wildman–Crippen MR) is 114 cm³/mol. The van der Waals surface area contributed by atoms with Crippen LogP contribution in [-0.2, 0) is 0 Å². The van der Waals surface area contributed by atoms with Crippen molar-refractivity contribution in [3.8, 4) is 0 Å². The minimum Gasteiger partial charge on any atom is -0.350 e. The molecule has 3 heterocycles. The summed E-state index contributed by atoms with van der Waals surface area (Å²) in [5.41, 5.74) is 2.40. The van der Waals surface area contributed by atoms with Gasteiger partial charge in [-0.2, -0.15) is 0 Å². The number of aromatic nitrogens is 2. The third-order valence-corrected chi connectivity index (χ3v) is 6.16. The number of benzene rings is 2. The van der Waals surface area contributed by atoms with E-state index in [1.54, 1.807) is 11.3 Å². The largest absolute Gasteiger partial charge is 0.350 e. The molecule has 1 unspecified atom stereocenters. The number of hydrogen-bond acceptors (Lipinski definition) is 5. The summed E-state index contributed by atoms with van der Waals surface area (Å²) in [4.78, 5) is 24.7. The van der Waals surface area contributed by atoms with Crippen LogP contribution in [0.25, 0.3) is 21.8 Å². The minimum atomic E-state index is -0.0409. The molecule has 0 radical (unpaired) electrons. The van der Waals surface area contributed by atoms with Crippen LogP contribution in [0.2, 0.25) is 0 Å². The van der Waals surface area contributed by atoms with E-state index >= 15 is 0 Å². The highest BCUT2D eigenvalue weighted by atomic mass is 32.1.